The van der Waals surface area contributed by atoms with Crippen LogP contribution in [0.3, 0.4) is 0 Å². The Morgan fingerprint density at radius 1 is 0.903 bits per heavy atom. The van der Waals surface area contributed by atoms with Crippen LogP contribution in [0.4, 0.5) is 0 Å². The van der Waals surface area contributed by atoms with Gasteiger partial charge in [-0.05, 0) is 96.1 Å². The Kier molecular flexibility index (Phi) is 8.40. The van der Waals surface area contributed by atoms with E-state index in [4.69, 9.17) is 0 Å². The van der Waals surface area contributed by atoms with E-state index in [2.05, 4.69) is 40.1 Å². The van der Waals surface area contributed by atoms with Crippen molar-refractivity contribution in [3.05, 3.63) is 35.9 Å². The number of aliphatic hydroxyl groups excluding tert-OH is 1. The van der Waals surface area contributed by atoms with Crippen LogP contribution in [0.1, 0.15) is 56.9 Å². The lowest BCUT2D eigenvalue weighted by molar-refractivity contribution is -0.142. The van der Waals surface area contributed by atoms with Crippen LogP contribution < -0.4 is 0 Å². The van der Waals surface area contributed by atoms with Crippen LogP contribution in [0.25, 0.3) is 0 Å². The largest absolute Gasteiger partial charge is 0.394 e. The molecule has 1 aromatic rings. The fourth-order valence-electron chi connectivity index (χ4n) is 5.89. The van der Waals surface area contributed by atoms with Gasteiger partial charge < -0.3 is 19.8 Å². The van der Waals surface area contributed by atoms with Gasteiger partial charge >= 0.3 is 0 Å². The Bertz CT molecular complexity index is 666. The molecule has 1 atom stereocenters. The molecule has 0 saturated carbocycles. The second-order valence-electron chi connectivity index (χ2n) is 9.84. The Morgan fingerprint density at radius 2 is 1.65 bits per heavy atom. The van der Waals surface area contributed by atoms with Gasteiger partial charge in [-0.25, -0.2) is 0 Å². The molecule has 0 aliphatic carbocycles. The minimum absolute atomic E-state index is 0.0606. The topological polar surface area (TPSA) is 47.0 Å². The first kappa shape index (κ1) is 22.8. The molecule has 31 heavy (non-hydrogen) atoms. The zero-order valence-electron chi connectivity index (χ0n) is 19.1. The smallest absolute Gasteiger partial charge is 0.226 e. The molecular formula is C26H41N3O2. The van der Waals surface area contributed by atoms with Crippen molar-refractivity contribution in [2.24, 2.45) is 5.92 Å². The molecule has 1 aromatic carbocycles. The maximum absolute atomic E-state index is 13.0. The average molecular weight is 428 g/mol. The molecular weight excluding hydrogens is 386 g/mol. The van der Waals surface area contributed by atoms with E-state index in [9.17, 15) is 9.90 Å². The lowest BCUT2D eigenvalue weighted by Crippen LogP contribution is -2.52. The lowest BCUT2D eigenvalue weighted by Gasteiger charge is -2.43. The Morgan fingerprint density at radius 3 is 2.35 bits per heavy atom. The second-order valence-corrected chi connectivity index (χ2v) is 9.84. The lowest BCUT2D eigenvalue weighted by atomic mass is 9.90. The number of nitrogens with zero attached hydrogens (tertiary/aromatic N) is 3. The summed E-state index contributed by atoms with van der Waals surface area (Å²) in [5.41, 5.74) is 1.45. The van der Waals surface area contributed by atoms with Crippen LogP contribution in [-0.4, -0.2) is 83.7 Å². The summed E-state index contributed by atoms with van der Waals surface area (Å²) in [6, 6.07) is 11.6. The van der Waals surface area contributed by atoms with Gasteiger partial charge in [0.15, 0.2) is 0 Å². The molecule has 172 valence electrons. The number of hydrogen-bond donors (Lipinski definition) is 1. The molecule has 3 saturated heterocycles. The summed E-state index contributed by atoms with van der Waals surface area (Å²) in [7, 11) is 0. The van der Waals surface area contributed by atoms with Crippen molar-refractivity contribution in [1.29, 1.82) is 0 Å². The molecule has 5 heteroatoms. The third-order valence-corrected chi connectivity index (χ3v) is 7.86. The normalized spacial score (nSPS) is 25.1. The van der Waals surface area contributed by atoms with Crippen LogP contribution in [0.5, 0.6) is 0 Å². The summed E-state index contributed by atoms with van der Waals surface area (Å²) < 4.78 is 0. The standard InChI is InChI=1S/C26H41N3O2/c30-21-25-10-4-5-16-29(25)26(31)23-11-19-28(20-12-23)24-13-17-27(18-14-24)15-6-9-22-7-2-1-3-8-22/h1-3,7-8,23-25,30H,4-6,9-21H2/t25-/m0/s1. The van der Waals surface area contributed by atoms with E-state index in [0.29, 0.717) is 11.9 Å². The maximum atomic E-state index is 13.0. The molecule has 0 bridgehead atoms. The molecule has 0 radical (unpaired) electrons. The molecule has 3 fully saturated rings. The molecule has 1 N–H and O–H groups in total. The molecule has 0 aromatic heterocycles. The number of rotatable bonds is 7. The quantitative estimate of drug-likeness (QED) is 0.726. The monoisotopic (exact) mass is 427 g/mol. The Balaban J connectivity index is 1.15. The molecule has 0 unspecified atom stereocenters. The van der Waals surface area contributed by atoms with Gasteiger partial charge in [-0.2, -0.15) is 0 Å². The van der Waals surface area contributed by atoms with E-state index in [0.717, 1.165) is 51.7 Å². The van der Waals surface area contributed by atoms with Crippen molar-refractivity contribution < 1.29 is 9.90 Å². The zero-order valence-corrected chi connectivity index (χ0v) is 19.1. The van der Waals surface area contributed by atoms with Crippen LogP contribution >= 0.6 is 0 Å². The van der Waals surface area contributed by atoms with Crippen molar-refractivity contribution in [2.45, 2.75) is 69.9 Å². The maximum Gasteiger partial charge on any atom is 0.226 e. The Hall–Kier alpha value is -1.43. The third-order valence-electron chi connectivity index (χ3n) is 7.86. The number of amides is 1. The summed E-state index contributed by atoms with van der Waals surface area (Å²) in [6.45, 7) is 6.72. The van der Waals surface area contributed by atoms with Crippen molar-refractivity contribution in [3.8, 4) is 0 Å². The van der Waals surface area contributed by atoms with Gasteiger partial charge in [-0.1, -0.05) is 30.3 Å². The van der Waals surface area contributed by atoms with E-state index < -0.39 is 0 Å². The summed E-state index contributed by atoms with van der Waals surface area (Å²) in [6.07, 6.45) is 10.1. The van der Waals surface area contributed by atoms with E-state index in [1.165, 1.54) is 50.9 Å². The van der Waals surface area contributed by atoms with Gasteiger partial charge in [0.2, 0.25) is 5.91 Å². The number of hydrogen-bond acceptors (Lipinski definition) is 4. The highest BCUT2D eigenvalue weighted by Gasteiger charge is 2.35. The van der Waals surface area contributed by atoms with Crippen molar-refractivity contribution in [3.63, 3.8) is 0 Å². The minimum atomic E-state index is 0.0606. The van der Waals surface area contributed by atoms with E-state index in [1.807, 2.05) is 4.90 Å². The molecule has 3 aliphatic rings. The van der Waals surface area contributed by atoms with Gasteiger partial charge in [-0.15, -0.1) is 0 Å². The third kappa shape index (κ3) is 6.09. The van der Waals surface area contributed by atoms with Crippen LogP contribution in [0, 0.1) is 5.92 Å². The number of likely N-dealkylation sites (tertiary alicyclic amines) is 3. The van der Waals surface area contributed by atoms with Crippen molar-refractivity contribution in [2.75, 3.05) is 45.9 Å². The van der Waals surface area contributed by atoms with Gasteiger partial charge in [0.1, 0.15) is 0 Å². The summed E-state index contributed by atoms with van der Waals surface area (Å²) in [4.78, 5) is 20.3. The number of benzene rings is 1. The molecule has 3 aliphatic heterocycles. The highest BCUT2D eigenvalue weighted by Crippen LogP contribution is 2.27. The first-order valence-corrected chi connectivity index (χ1v) is 12.7. The fraction of sp³-hybridized carbons (Fsp3) is 0.731. The molecule has 1 amide bonds. The SMILES string of the molecule is O=C(C1CCN(C2CCN(CCCc3ccccc3)CC2)CC1)N1CCCC[C@H]1CO. The summed E-state index contributed by atoms with van der Waals surface area (Å²) in [5, 5.41) is 9.65. The van der Waals surface area contributed by atoms with Crippen molar-refractivity contribution in [1.82, 2.24) is 14.7 Å². The van der Waals surface area contributed by atoms with E-state index >= 15 is 0 Å². The average Bonchev–Trinajstić information content (AvgIpc) is 2.85. The number of carbonyl (C=O) groups excluding carboxylic acids is 1. The summed E-state index contributed by atoms with van der Waals surface area (Å²) >= 11 is 0. The number of aliphatic hydroxyl groups is 1. The van der Waals surface area contributed by atoms with Crippen LogP contribution in [0.2, 0.25) is 0 Å². The van der Waals surface area contributed by atoms with Gasteiger partial charge in [0, 0.05) is 18.5 Å². The molecule has 3 heterocycles. The molecule has 0 spiro atoms. The van der Waals surface area contributed by atoms with Crippen LogP contribution in [0.15, 0.2) is 30.3 Å². The predicted octanol–water partition coefficient (Wildman–Crippen LogP) is 3.17. The first-order chi connectivity index (χ1) is 15.2. The molecule has 5 nitrogen and oxygen atoms in total. The highest BCUT2D eigenvalue weighted by molar-refractivity contribution is 5.79. The predicted molar refractivity (Wildman–Crippen MR) is 125 cm³/mol. The van der Waals surface area contributed by atoms with Crippen molar-refractivity contribution >= 4 is 5.91 Å². The second kappa shape index (κ2) is 11.4. The minimum Gasteiger partial charge on any atom is -0.394 e. The molecule has 4 rings (SSSR count). The van der Waals surface area contributed by atoms with Gasteiger partial charge in [-0.3, -0.25) is 4.79 Å². The highest BCUT2D eigenvalue weighted by atomic mass is 16.3. The number of carbonyl (C=O) groups is 1. The van der Waals surface area contributed by atoms with Gasteiger partial charge in [0.05, 0.1) is 12.6 Å². The zero-order chi connectivity index (χ0) is 21.5. The van der Waals surface area contributed by atoms with E-state index in [-0.39, 0.29) is 18.6 Å². The van der Waals surface area contributed by atoms with E-state index in [1.54, 1.807) is 0 Å². The summed E-state index contributed by atoms with van der Waals surface area (Å²) in [5.74, 6) is 0.480. The van der Waals surface area contributed by atoms with Crippen LogP contribution in [-0.2, 0) is 11.2 Å². The number of piperidine rings is 3. The van der Waals surface area contributed by atoms with Gasteiger partial charge in [0.25, 0.3) is 0 Å². The fourth-order valence-corrected chi connectivity index (χ4v) is 5.89. The number of aryl methyl sites for hydroxylation is 1. The first-order valence-electron chi connectivity index (χ1n) is 12.7. The Labute approximate surface area is 188 Å².